The summed E-state index contributed by atoms with van der Waals surface area (Å²) in [5.41, 5.74) is 5.40. The fourth-order valence-electron chi connectivity index (χ4n) is 4.09. The van der Waals surface area contributed by atoms with Crippen LogP contribution in [0, 0.1) is 6.92 Å². The monoisotopic (exact) mass is 433 g/mol. The second-order valence-corrected chi connectivity index (χ2v) is 8.05. The smallest absolute Gasteiger partial charge is 0.258 e. The van der Waals surface area contributed by atoms with Gasteiger partial charge in [0.15, 0.2) is 0 Å². The molecular weight excluding hydrogens is 406 g/mol. The van der Waals surface area contributed by atoms with Gasteiger partial charge in [-0.1, -0.05) is 6.92 Å². The molecule has 0 aromatic carbocycles. The molecule has 5 heterocycles. The van der Waals surface area contributed by atoms with E-state index in [0.29, 0.717) is 17.0 Å². The summed E-state index contributed by atoms with van der Waals surface area (Å²) in [6.45, 7) is 9.28. The van der Waals surface area contributed by atoms with Gasteiger partial charge < -0.3 is 10.1 Å². The Hall–Kier alpha value is -3.30. The summed E-state index contributed by atoms with van der Waals surface area (Å²) in [5.74, 6) is 0. The third kappa shape index (κ3) is 4.09. The molecule has 9 nitrogen and oxygen atoms in total. The molecule has 1 aliphatic rings. The maximum absolute atomic E-state index is 12.9. The summed E-state index contributed by atoms with van der Waals surface area (Å²) in [6.07, 6.45) is 4.51. The van der Waals surface area contributed by atoms with Crippen LogP contribution in [0.5, 0.6) is 0 Å². The minimum atomic E-state index is -0.135. The van der Waals surface area contributed by atoms with Crippen LogP contribution in [0.4, 0.5) is 5.69 Å². The largest absolute Gasteiger partial charge is 0.383 e. The zero-order valence-electron chi connectivity index (χ0n) is 18.4. The number of rotatable bonds is 6. The van der Waals surface area contributed by atoms with Crippen LogP contribution < -0.4 is 10.9 Å². The lowest BCUT2D eigenvalue weighted by Gasteiger charge is -2.26. The van der Waals surface area contributed by atoms with E-state index < -0.39 is 0 Å². The Morgan fingerprint density at radius 3 is 2.75 bits per heavy atom. The van der Waals surface area contributed by atoms with Crippen LogP contribution in [0.25, 0.3) is 22.6 Å². The SMILES string of the molecule is CCc1nc(C)cn2nc(-c3cc(=O)n4cc(NCCN5CCOCC5)ccc4n3)cc12. The summed E-state index contributed by atoms with van der Waals surface area (Å²) < 4.78 is 8.77. The van der Waals surface area contributed by atoms with Crippen molar-refractivity contribution in [3.8, 4) is 11.4 Å². The van der Waals surface area contributed by atoms with Gasteiger partial charge in [0, 0.05) is 38.4 Å². The van der Waals surface area contributed by atoms with Crippen molar-refractivity contribution in [2.75, 3.05) is 44.7 Å². The molecule has 1 aliphatic heterocycles. The molecule has 4 aromatic heterocycles. The summed E-state index contributed by atoms with van der Waals surface area (Å²) in [4.78, 5) is 24.5. The number of hydrogen-bond acceptors (Lipinski definition) is 7. The van der Waals surface area contributed by atoms with Gasteiger partial charge in [0.1, 0.15) is 11.3 Å². The van der Waals surface area contributed by atoms with Crippen LogP contribution in [-0.4, -0.2) is 68.3 Å². The van der Waals surface area contributed by atoms with Crippen LogP contribution >= 0.6 is 0 Å². The molecule has 0 atom stereocenters. The number of nitrogens with zero attached hydrogens (tertiary/aromatic N) is 6. The number of ether oxygens (including phenoxy) is 1. The van der Waals surface area contributed by atoms with Gasteiger partial charge in [-0.15, -0.1) is 0 Å². The fourth-order valence-corrected chi connectivity index (χ4v) is 4.09. The molecule has 0 unspecified atom stereocenters. The minimum Gasteiger partial charge on any atom is -0.383 e. The summed E-state index contributed by atoms with van der Waals surface area (Å²) >= 11 is 0. The molecule has 0 bridgehead atoms. The number of morpholine rings is 1. The van der Waals surface area contributed by atoms with E-state index in [4.69, 9.17) is 9.72 Å². The Bertz CT molecular complexity index is 1320. The highest BCUT2D eigenvalue weighted by molar-refractivity contribution is 5.66. The molecule has 0 aliphatic carbocycles. The van der Waals surface area contributed by atoms with E-state index in [2.05, 4.69) is 27.2 Å². The summed E-state index contributed by atoms with van der Waals surface area (Å²) in [5, 5.41) is 8.04. The molecule has 1 fully saturated rings. The lowest BCUT2D eigenvalue weighted by Crippen LogP contribution is -2.39. The summed E-state index contributed by atoms with van der Waals surface area (Å²) in [7, 11) is 0. The van der Waals surface area contributed by atoms with E-state index in [1.54, 1.807) is 10.6 Å². The quantitative estimate of drug-likeness (QED) is 0.498. The van der Waals surface area contributed by atoms with Crippen LogP contribution in [-0.2, 0) is 11.2 Å². The molecule has 1 saturated heterocycles. The Labute approximate surface area is 185 Å². The van der Waals surface area contributed by atoms with Gasteiger partial charge in [-0.2, -0.15) is 5.10 Å². The van der Waals surface area contributed by atoms with Crippen LogP contribution in [0.15, 0.2) is 41.5 Å². The predicted octanol–water partition coefficient (Wildman–Crippen LogP) is 2.02. The van der Waals surface area contributed by atoms with Crippen LogP contribution in [0.2, 0.25) is 0 Å². The first-order valence-corrected chi connectivity index (χ1v) is 11.0. The standard InChI is InChI=1S/C23H27N7O2/c1-3-18-21-12-20(27-30(21)14-16(2)25-18)19-13-23(31)29-15-17(4-5-22(29)26-19)24-6-7-28-8-10-32-11-9-28/h4-5,12-15,24H,3,6-11H2,1-2H3. The van der Waals surface area contributed by atoms with Gasteiger partial charge in [-0.3, -0.25) is 19.1 Å². The van der Waals surface area contributed by atoms with Gasteiger partial charge in [0.25, 0.3) is 5.56 Å². The molecule has 0 saturated carbocycles. The molecule has 9 heteroatoms. The lowest BCUT2D eigenvalue weighted by molar-refractivity contribution is 0.0398. The van der Waals surface area contributed by atoms with Gasteiger partial charge in [-0.05, 0) is 31.5 Å². The number of anilines is 1. The highest BCUT2D eigenvalue weighted by Crippen LogP contribution is 2.20. The average Bonchev–Trinajstić information content (AvgIpc) is 3.23. The van der Waals surface area contributed by atoms with E-state index in [9.17, 15) is 4.79 Å². The molecule has 32 heavy (non-hydrogen) atoms. The van der Waals surface area contributed by atoms with Crippen molar-refractivity contribution >= 4 is 16.9 Å². The van der Waals surface area contributed by atoms with Crippen molar-refractivity contribution in [2.45, 2.75) is 20.3 Å². The summed E-state index contributed by atoms with van der Waals surface area (Å²) in [6, 6.07) is 7.31. The first-order chi connectivity index (χ1) is 15.6. The molecule has 0 spiro atoms. The lowest BCUT2D eigenvalue weighted by atomic mass is 10.2. The van der Waals surface area contributed by atoms with Gasteiger partial charge >= 0.3 is 0 Å². The van der Waals surface area contributed by atoms with E-state index in [0.717, 1.165) is 68.4 Å². The number of fused-ring (bicyclic) bond motifs is 2. The normalized spacial score (nSPS) is 14.9. The predicted molar refractivity (Wildman–Crippen MR) is 123 cm³/mol. The number of nitrogens with one attached hydrogen (secondary N) is 1. The zero-order chi connectivity index (χ0) is 22.1. The second kappa shape index (κ2) is 8.68. The van der Waals surface area contributed by atoms with Crippen molar-refractivity contribution in [3.05, 3.63) is 58.4 Å². The van der Waals surface area contributed by atoms with E-state index in [1.165, 1.54) is 6.07 Å². The Morgan fingerprint density at radius 1 is 1.09 bits per heavy atom. The third-order valence-electron chi connectivity index (χ3n) is 5.77. The molecule has 4 aromatic rings. The molecular formula is C23H27N7O2. The fraction of sp³-hybridized carbons (Fsp3) is 0.391. The van der Waals surface area contributed by atoms with Gasteiger partial charge in [-0.25, -0.2) is 9.50 Å². The maximum atomic E-state index is 12.9. The average molecular weight is 434 g/mol. The number of aromatic nitrogens is 5. The number of hydrogen-bond donors (Lipinski definition) is 1. The van der Waals surface area contributed by atoms with Crippen molar-refractivity contribution < 1.29 is 4.74 Å². The van der Waals surface area contributed by atoms with Crippen molar-refractivity contribution in [2.24, 2.45) is 0 Å². The molecule has 166 valence electrons. The van der Waals surface area contributed by atoms with Gasteiger partial charge in [0.05, 0.1) is 47.7 Å². The Kier molecular flexibility index (Phi) is 5.59. The molecule has 0 amide bonds. The number of aryl methyl sites for hydroxylation is 2. The van der Waals surface area contributed by atoms with E-state index in [1.807, 2.05) is 35.8 Å². The van der Waals surface area contributed by atoms with E-state index >= 15 is 0 Å². The molecule has 1 N–H and O–H groups in total. The third-order valence-corrected chi connectivity index (χ3v) is 5.77. The van der Waals surface area contributed by atoms with Crippen LogP contribution in [0.1, 0.15) is 18.3 Å². The first kappa shape index (κ1) is 20.6. The number of pyridine rings is 1. The van der Waals surface area contributed by atoms with E-state index in [-0.39, 0.29) is 5.56 Å². The molecule has 0 radical (unpaired) electrons. The van der Waals surface area contributed by atoms with Crippen molar-refractivity contribution in [3.63, 3.8) is 0 Å². The second-order valence-electron chi connectivity index (χ2n) is 8.05. The highest BCUT2D eigenvalue weighted by atomic mass is 16.5. The first-order valence-electron chi connectivity index (χ1n) is 11.0. The van der Waals surface area contributed by atoms with Crippen molar-refractivity contribution in [1.29, 1.82) is 0 Å². The van der Waals surface area contributed by atoms with Crippen LogP contribution in [0.3, 0.4) is 0 Å². The zero-order valence-corrected chi connectivity index (χ0v) is 18.4. The minimum absolute atomic E-state index is 0.135. The maximum Gasteiger partial charge on any atom is 0.258 e. The van der Waals surface area contributed by atoms with Crippen molar-refractivity contribution in [1.82, 2.24) is 28.9 Å². The molecule has 5 rings (SSSR count). The Balaban J connectivity index is 1.40. The Morgan fingerprint density at radius 2 is 1.94 bits per heavy atom. The highest BCUT2D eigenvalue weighted by Gasteiger charge is 2.13. The van der Waals surface area contributed by atoms with Gasteiger partial charge in [0.2, 0.25) is 0 Å². The topological polar surface area (TPSA) is 89.1 Å².